The van der Waals surface area contributed by atoms with Gasteiger partial charge in [0.25, 0.3) is 0 Å². The summed E-state index contributed by atoms with van der Waals surface area (Å²) in [5.74, 6) is 1.84. The first-order valence-electron chi connectivity index (χ1n) is 6.54. The maximum Gasteiger partial charge on any atom is 0.243 e. The molecule has 1 fully saturated rings. The molecule has 20 heavy (non-hydrogen) atoms. The Morgan fingerprint density at radius 3 is 2.80 bits per heavy atom. The number of hydrogen-bond acceptors (Lipinski definition) is 4. The summed E-state index contributed by atoms with van der Waals surface area (Å²) < 4.78 is 27.2. The zero-order valence-corrected chi connectivity index (χ0v) is 13.8. The van der Waals surface area contributed by atoms with E-state index in [9.17, 15) is 8.42 Å². The number of benzene rings is 1. The van der Waals surface area contributed by atoms with Crippen molar-refractivity contribution in [1.82, 2.24) is 4.31 Å². The number of halogens is 1. The molecule has 0 aromatic heterocycles. The van der Waals surface area contributed by atoms with E-state index < -0.39 is 10.0 Å². The standard InChI is InChI=1S/C13H19ClN2O2S2/c1-10-11(9-15)7-12(14)8-13(10)20(17,18)16-3-2-5-19-6-4-16/h7-8H,2-6,9,15H2,1H3. The predicted molar refractivity (Wildman–Crippen MR) is 84.8 cm³/mol. The molecule has 2 rings (SSSR count). The van der Waals surface area contributed by atoms with E-state index in [1.54, 1.807) is 29.1 Å². The molecule has 0 aliphatic carbocycles. The molecular weight excluding hydrogens is 316 g/mol. The van der Waals surface area contributed by atoms with Gasteiger partial charge in [0, 0.05) is 30.4 Å². The lowest BCUT2D eigenvalue weighted by Crippen LogP contribution is -2.33. The van der Waals surface area contributed by atoms with Gasteiger partial charge in [0.1, 0.15) is 0 Å². The summed E-state index contributed by atoms with van der Waals surface area (Å²) >= 11 is 7.83. The van der Waals surface area contributed by atoms with E-state index in [2.05, 4.69) is 0 Å². The number of nitrogens with zero attached hydrogens (tertiary/aromatic N) is 1. The highest BCUT2D eigenvalue weighted by atomic mass is 35.5. The number of hydrogen-bond donors (Lipinski definition) is 1. The zero-order chi connectivity index (χ0) is 14.8. The number of sulfonamides is 1. The fourth-order valence-corrected chi connectivity index (χ4v) is 5.37. The van der Waals surface area contributed by atoms with Crippen molar-refractivity contribution in [1.29, 1.82) is 0 Å². The molecular formula is C13H19ClN2O2S2. The molecule has 1 aliphatic heterocycles. The first-order chi connectivity index (χ1) is 9.46. The van der Waals surface area contributed by atoms with E-state index in [1.807, 2.05) is 0 Å². The summed E-state index contributed by atoms with van der Waals surface area (Å²) in [5, 5.41) is 0.416. The maximum atomic E-state index is 12.8. The Morgan fingerprint density at radius 1 is 1.35 bits per heavy atom. The van der Waals surface area contributed by atoms with Crippen LogP contribution in [0, 0.1) is 6.92 Å². The van der Waals surface area contributed by atoms with Crippen LogP contribution in [-0.2, 0) is 16.6 Å². The topological polar surface area (TPSA) is 63.4 Å². The van der Waals surface area contributed by atoms with Crippen LogP contribution in [0.2, 0.25) is 5.02 Å². The van der Waals surface area contributed by atoms with Crippen LogP contribution in [0.4, 0.5) is 0 Å². The van der Waals surface area contributed by atoms with Crippen LogP contribution in [-0.4, -0.2) is 37.3 Å². The molecule has 0 atom stereocenters. The van der Waals surface area contributed by atoms with Gasteiger partial charge in [-0.05, 0) is 42.4 Å². The van der Waals surface area contributed by atoms with Crippen LogP contribution in [0.1, 0.15) is 17.5 Å². The summed E-state index contributed by atoms with van der Waals surface area (Å²) in [7, 11) is -3.49. The van der Waals surface area contributed by atoms with Crippen molar-refractivity contribution < 1.29 is 8.42 Å². The Morgan fingerprint density at radius 2 is 2.10 bits per heavy atom. The molecule has 0 radical (unpaired) electrons. The van der Waals surface area contributed by atoms with Gasteiger partial charge >= 0.3 is 0 Å². The summed E-state index contributed by atoms with van der Waals surface area (Å²) in [6, 6.07) is 3.26. The molecule has 1 aromatic carbocycles. The average Bonchev–Trinajstić information content (AvgIpc) is 2.70. The molecule has 0 amide bonds. The summed E-state index contributed by atoms with van der Waals surface area (Å²) in [4.78, 5) is 0.289. The van der Waals surface area contributed by atoms with Crippen LogP contribution < -0.4 is 5.73 Å². The van der Waals surface area contributed by atoms with Crippen molar-refractivity contribution in [2.24, 2.45) is 5.73 Å². The quantitative estimate of drug-likeness (QED) is 0.920. The van der Waals surface area contributed by atoms with Gasteiger partial charge in [-0.1, -0.05) is 11.6 Å². The van der Waals surface area contributed by atoms with Crippen LogP contribution in [0.5, 0.6) is 0 Å². The average molecular weight is 335 g/mol. The molecule has 0 unspecified atom stereocenters. The maximum absolute atomic E-state index is 12.8. The molecule has 2 N–H and O–H groups in total. The van der Waals surface area contributed by atoms with E-state index >= 15 is 0 Å². The third kappa shape index (κ3) is 3.31. The lowest BCUT2D eigenvalue weighted by Gasteiger charge is -2.22. The number of rotatable bonds is 3. The smallest absolute Gasteiger partial charge is 0.243 e. The SMILES string of the molecule is Cc1c(CN)cc(Cl)cc1S(=O)(=O)N1CCCSCC1. The molecule has 0 bridgehead atoms. The zero-order valence-electron chi connectivity index (χ0n) is 11.4. The normalized spacial score (nSPS) is 17.9. The molecule has 4 nitrogen and oxygen atoms in total. The minimum atomic E-state index is -3.49. The first kappa shape index (κ1) is 16.1. The van der Waals surface area contributed by atoms with Gasteiger partial charge in [0.05, 0.1) is 4.90 Å². The third-order valence-electron chi connectivity index (χ3n) is 3.45. The van der Waals surface area contributed by atoms with Gasteiger partial charge in [-0.2, -0.15) is 16.1 Å². The van der Waals surface area contributed by atoms with Crippen LogP contribution in [0.25, 0.3) is 0 Å². The van der Waals surface area contributed by atoms with Crippen LogP contribution >= 0.6 is 23.4 Å². The Balaban J connectivity index is 2.45. The van der Waals surface area contributed by atoms with Crippen molar-refractivity contribution >= 4 is 33.4 Å². The molecule has 1 saturated heterocycles. The van der Waals surface area contributed by atoms with E-state index in [4.69, 9.17) is 17.3 Å². The Kier molecular flexibility index (Phi) is 5.36. The highest BCUT2D eigenvalue weighted by Gasteiger charge is 2.27. The minimum absolute atomic E-state index is 0.283. The van der Waals surface area contributed by atoms with Crippen LogP contribution in [0.15, 0.2) is 17.0 Å². The summed E-state index contributed by atoms with van der Waals surface area (Å²) in [5.41, 5.74) is 7.15. The van der Waals surface area contributed by atoms with E-state index in [-0.39, 0.29) is 11.4 Å². The van der Waals surface area contributed by atoms with Gasteiger partial charge in [0.15, 0.2) is 0 Å². The molecule has 0 spiro atoms. The van der Waals surface area contributed by atoms with Gasteiger partial charge in [0.2, 0.25) is 10.0 Å². The highest BCUT2D eigenvalue weighted by Crippen LogP contribution is 2.28. The molecule has 7 heteroatoms. The first-order valence-corrected chi connectivity index (χ1v) is 9.51. The largest absolute Gasteiger partial charge is 0.326 e. The fraction of sp³-hybridized carbons (Fsp3) is 0.538. The molecule has 1 aliphatic rings. The van der Waals surface area contributed by atoms with Crippen molar-refractivity contribution in [3.63, 3.8) is 0 Å². The second-order valence-electron chi connectivity index (χ2n) is 4.76. The number of thioether (sulfide) groups is 1. The Hall–Kier alpha value is -0.270. The third-order valence-corrected chi connectivity index (χ3v) is 6.74. The van der Waals surface area contributed by atoms with Crippen molar-refractivity contribution in [3.8, 4) is 0 Å². The predicted octanol–water partition coefficient (Wildman–Crippen LogP) is 2.23. The van der Waals surface area contributed by atoms with Crippen LogP contribution in [0.3, 0.4) is 0 Å². The van der Waals surface area contributed by atoms with E-state index in [1.165, 1.54) is 6.07 Å². The molecule has 0 saturated carbocycles. The Bertz CT molecular complexity index is 582. The van der Waals surface area contributed by atoms with Gasteiger partial charge in [-0.15, -0.1) is 0 Å². The van der Waals surface area contributed by atoms with E-state index in [0.29, 0.717) is 23.7 Å². The summed E-state index contributed by atoms with van der Waals surface area (Å²) in [6.07, 6.45) is 0.882. The van der Waals surface area contributed by atoms with Crippen molar-refractivity contribution in [2.75, 3.05) is 24.6 Å². The fourth-order valence-electron chi connectivity index (χ4n) is 2.29. The van der Waals surface area contributed by atoms with Gasteiger partial charge in [-0.3, -0.25) is 0 Å². The molecule has 112 valence electrons. The van der Waals surface area contributed by atoms with Gasteiger partial charge < -0.3 is 5.73 Å². The monoisotopic (exact) mass is 334 g/mol. The van der Waals surface area contributed by atoms with Crippen molar-refractivity contribution in [2.45, 2.75) is 24.8 Å². The lowest BCUT2D eigenvalue weighted by molar-refractivity contribution is 0.434. The summed E-state index contributed by atoms with van der Waals surface area (Å²) in [6.45, 7) is 3.19. The number of nitrogens with two attached hydrogens (primary N) is 1. The van der Waals surface area contributed by atoms with E-state index in [0.717, 1.165) is 23.5 Å². The molecule has 1 heterocycles. The Labute approximate surface area is 129 Å². The van der Waals surface area contributed by atoms with Gasteiger partial charge in [-0.25, -0.2) is 8.42 Å². The second-order valence-corrected chi connectivity index (χ2v) is 8.33. The minimum Gasteiger partial charge on any atom is -0.326 e. The van der Waals surface area contributed by atoms with Crippen molar-refractivity contribution in [3.05, 3.63) is 28.3 Å². The second kappa shape index (κ2) is 6.66. The lowest BCUT2D eigenvalue weighted by atomic mass is 10.1. The highest BCUT2D eigenvalue weighted by molar-refractivity contribution is 7.99. The molecule has 1 aromatic rings.